The molecule has 0 aliphatic rings. The Labute approximate surface area is 113 Å². The van der Waals surface area contributed by atoms with Gasteiger partial charge in [-0.05, 0) is 35.2 Å². The van der Waals surface area contributed by atoms with Crippen LogP contribution < -0.4 is 17.0 Å². The molecular weight excluding hydrogens is 266 g/mol. The van der Waals surface area contributed by atoms with Crippen LogP contribution in [0.3, 0.4) is 0 Å². The van der Waals surface area contributed by atoms with Gasteiger partial charge in [0, 0.05) is 16.3 Å². The van der Waals surface area contributed by atoms with Gasteiger partial charge in [-0.15, -0.1) is 23.1 Å². The molecule has 1 amide bonds. The highest BCUT2D eigenvalue weighted by atomic mass is 32.2. The third kappa shape index (κ3) is 3.04. The van der Waals surface area contributed by atoms with E-state index < -0.39 is 0 Å². The molecule has 0 unspecified atom stereocenters. The van der Waals surface area contributed by atoms with Gasteiger partial charge in [-0.25, -0.2) is 5.84 Å². The van der Waals surface area contributed by atoms with Crippen LogP contribution >= 0.6 is 23.1 Å². The van der Waals surface area contributed by atoms with E-state index in [0.717, 1.165) is 21.9 Å². The molecule has 4 nitrogen and oxygen atoms in total. The molecule has 0 saturated carbocycles. The minimum Gasteiger partial charge on any atom is -0.399 e. The van der Waals surface area contributed by atoms with Crippen LogP contribution in [-0.2, 0) is 5.75 Å². The van der Waals surface area contributed by atoms with Crippen molar-refractivity contribution in [3.8, 4) is 0 Å². The fourth-order valence-corrected chi connectivity index (χ4v) is 3.35. The van der Waals surface area contributed by atoms with Crippen LogP contribution in [0.4, 0.5) is 5.69 Å². The Hall–Kier alpha value is -1.50. The van der Waals surface area contributed by atoms with Crippen LogP contribution in [0.5, 0.6) is 0 Å². The first-order valence-electron chi connectivity index (χ1n) is 5.26. The topological polar surface area (TPSA) is 81.1 Å². The Bertz CT molecular complexity index is 554. The van der Waals surface area contributed by atoms with E-state index in [1.54, 1.807) is 11.8 Å². The fourth-order valence-electron chi connectivity index (χ4n) is 1.48. The number of nitrogens with two attached hydrogens (primary N) is 2. The molecule has 0 atom stereocenters. The third-order valence-corrected chi connectivity index (χ3v) is 4.33. The quantitative estimate of drug-likeness (QED) is 0.263. The predicted molar refractivity (Wildman–Crippen MR) is 76.4 cm³/mol. The van der Waals surface area contributed by atoms with Crippen molar-refractivity contribution in [3.63, 3.8) is 0 Å². The van der Waals surface area contributed by atoms with Crippen LogP contribution in [0.2, 0.25) is 0 Å². The molecule has 94 valence electrons. The first kappa shape index (κ1) is 12.9. The van der Waals surface area contributed by atoms with Gasteiger partial charge in [0.25, 0.3) is 5.91 Å². The SMILES string of the molecule is NNC(=O)c1sccc1CSc1cccc(N)c1. The molecule has 6 heteroatoms. The van der Waals surface area contributed by atoms with Gasteiger partial charge in [0.15, 0.2) is 0 Å². The normalized spacial score (nSPS) is 10.3. The van der Waals surface area contributed by atoms with Gasteiger partial charge in [-0.1, -0.05) is 6.07 Å². The van der Waals surface area contributed by atoms with Gasteiger partial charge in [-0.2, -0.15) is 0 Å². The van der Waals surface area contributed by atoms with Crippen LogP contribution in [0, 0.1) is 0 Å². The lowest BCUT2D eigenvalue weighted by Gasteiger charge is -2.04. The number of carbonyl (C=O) groups excluding carboxylic acids is 1. The van der Waals surface area contributed by atoms with Crippen molar-refractivity contribution in [1.82, 2.24) is 5.43 Å². The number of carbonyl (C=O) groups is 1. The lowest BCUT2D eigenvalue weighted by atomic mass is 10.3. The molecule has 18 heavy (non-hydrogen) atoms. The zero-order valence-corrected chi connectivity index (χ0v) is 11.2. The summed E-state index contributed by atoms with van der Waals surface area (Å²) in [6, 6.07) is 9.62. The molecule has 0 spiro atoms. The average Bonchev–Trinajstić information content (AvgIpc) is 2.84. The maximum atomic E-state index is 11.5. The van der Waals surface area contributed by atoms with Crippen LogP contribution in [0.25, 0.3) is 0 Å². The minimum atomic E-state index is -0.242. The van der Waals surface area contributed by atoms with E-state index in [1.807, 2.05) is 35.7 Å². The van der Waals surface area contributed by atoms with Crippen molar-refractivity contribution < 1.29 is 4.79 Å². The zero-order chi connectivity index (χ0) is 13.0. The summed E-state index contributed by atoms with van der Waals surface area (Å²) in [7, 11) is 0. The standard InChI is InChI=1S/C12H13N3OS2/c13-9-2-1-3-10(6-9)18-7-8-4-5-17-11(8)12(16)15-14/h1-6H,7,13-14H2,(H,15,16). The van der Waals surface area contributed by atoms with Gasteiger partial charge < -0.3 is 5.73 Å². The molecule has 0 aliphatic carbocycles. The summed E-state index contributed by atoms with van der Waals surface area (Å²) in [5.41, 5.74) is 9.60. The van der Waals surface area contributed by atoms with Crippen molar-refractivity contribution in [2.45, 2.75) is 10.6 Å². The molecule has 0 aliphatic heterocycles. The van der Waals surface area contributed by atoms with Gasteiger partial charge in [-0.3, -0.25) is 10.2 Å². The highest BCUT2D eigenvalue weighted by Crippen LogP contribution is 2.27. The van der Waals surface area contributed by atoms with Gasteiger partial charge >= 0.3 is 0 Å². The van der Waals surface area contributed by atoms with E-state index in [2.05, 4.69) is 5.43 Å². The minimum absolute atomic E-state index is 0.242. The molecule has 1 aromatic carbocycles. The average molecular weight is 279 g/mol. The van der Waals surface area contributed by atoms with Crippen molar-refractivity contribution in [2.75, 3.05) is 5.73 Å². The Kier molecular flexibility index (Phi) is 4.24. The molecule has 1 aromatic heterocycles. The molecule has 1 heterocycles. The lowest BCUT2D eigenvalue weighted by molar-refractivity contribution is 0.0957. The monoisotopic (exact) mass is 279 g/mol. The van der Waals surface area contributed by atoms with Gasteiger partial charge in [0.05, 0.1) is 4.88 Å². The Morgan fingerprint density at radius 3 is 2.94 bits per heavy atom. The summed E-state index contributed by atoms with van der Waals surface area (Å²) < 4.78 is 0. The maximum absolute atomic E-state index is 11.5. The third-order valence-electron chi connectivity index (χ3n) is 2.34. The first-order chi connectivity index (χ1) is 8.70. The maximum Gasteiger partial charge on any atom is 0.275 e. The number of rotatable bonds is 4. The molecule has 0 bridgehead atoms. The predicted octanol–water partition coefficient (Wildman–Crippen LogP) is 2.23. The second-order valence-electron chi connectivity index (χ2n) is 3.61. The van der Waals surface area contributed by atoms with E-state index in [9.17, 15) is 4.79 Å². The molecule has 5 N–H and O–H groups in total. The fraction of sp³-hybridized carbons (Fsp3) is 0.0833. The Morgan fingerprint density at radius 2 is 2.22 bits per heavy atom. The van der Waals surface area contributed by atoms with Gasteiger partial charge in [0.1, 0.15) is 0 Å². The summed E-state index contributed by atoms with van der Waals surface area (Å²) >= 11 is 3.03. The number of nitrogen functional groups attached to an aromatic ring is 2. The highest BCUT2D eigenvalue weighted by molar-refractivity contribution is 7.98. The van der Waals surface area contributed by atoms with E-state index in [4.69, 9.17) is 11.6 Å². The lowest BCUT2D eigenvalue weighted by Crippen LogP contribution is -2.29. The van der Waals surface area contributed by atoms with Crippen molar-refractivity contribution in [3.05, 3.63) is 46.2 Å². The highest BCUT2D eigenvalue weighted by Gasteiger charge is 2.11. The smallest absolute Gasteiger partial charge is 0.275 e. The molecule has 2 aromatic rings. The zero-order valence-electron chi connectivity index (χ0n) is 9.55. The van der Waals surface area contributed by atoms with Crippen molar-refractivity contribution in [1.29, 1.82) is 0 Å². The molecular formula is C12H13N3OS2. The molecule has 0 fully saturated rings. The second-order valence-corrected chi connectivity index (χ2v) is 5.57. The summed E-state index contributed by atoms with van der Waals surface area (Å²) in [5, 5.41) is 1.89. The number of amides is 1. The van der Waals surface area contributed by atoms with E-state index in [0.29, 0.717) is 4.88 Å². The number of hydrazine groups is 1. The number of hydrogen-bond donors (Lipinski definition) is 3. The van der Waals surface area contributed by atoms with E-state index >= 15 is 0 Å². The molecule has 0 saturated heterocycles. The van der Waals surface area contributed by atoms with Crippen molar-refractivity contribution >= 4 is 34.7 Å². The Morgan fingerprint density at radius 1 is 1.39 bits per heavy atom. The summed E-state index contributed by atoms with van der Waals surface area (Å²) in [5.74, 6) is 5.62. The number of benzene rings is 1. The number of hydrogen-bond acceptors (Lipinski definition) is 5. The van der Waals surface area contributed by atoms with Crippen LogP contribution in [0.15, 0.2) is 40.6 Å². The molecule has 2 rings (SSSR count). The van der Waals surface area contributed by atoms with E-state index in [-0.39, 0.29) is 5.91 Å². The van der Waals surface area contributed by atoms with Gasteiger partial charge in [0.2, 0.25) is 0 Å². The summed E-state index contributed by atoms with van der Waals surface area (Å²) in [6.07, 6.45) is 0. The second kappa shape index (κ2) is 5.90. The molecule has 0 radical (unpaired) electrons. The number of thioether (sulfide) groups is 1. The van der Waals surface area contributed by atoms with E-state index in [1.165, 1.54) is 11.3 Å². The Balaban J connectivity index is 2.07. The van der Waals surface area contributed by atoms with Crippen LogP contribution in [0.1, 0.15) is 15.2 Å². The first-order valence-corrected chi connectivity index (χ1v) is 7.13. The number of anilines is 1. The summed E-state index contributed by atoms with van der Waals surface area (Å²) in [4.78, 5) is 13.3. The largest absolute Gasteiger partial charge is 0.399 e. The number of thiophene rings is 1. The van der Waals surface area contributed by atoms with Crippen LogP contribution in [-0.4, -0.2) is 5.91 Å². The number of nitrogens with one attached hydrogen (secondary N) is 1. The van der Waals surface area contributed by atoms with Crippen molar-refractivity contribution in [2.24, 2.45) is 5.84 Å². The summed E-state index contributed by atoms with van der Waals surface area (Å²) in [6.45, 7) is 0.